The SMILES string of the molecule is CCCC1=CC(=O)[C@H]2[C@@H](c3ccc(OC)cc3)CCC3=CC(=O)C=C[C@]132. The molecule has 0 N–H and O–H groups in total. The van der Waals surface area contributed by atoms with Crippen LogP contribution in [0.15, 0.2) is 59.7 Å². The number of ether oxygens (including phenoxy) is 1. The van der Waals surface area contributed by atoms with E-state index in [1.165, 1.54) is 11.1 Å². The molecule has 0 saturated heterocycles. The number of ketones is 2. The zero-order valence-electron chi connectivity index (χ0n) is 15.3. The summed E-state index contributed by atoms with van der Waals surface area (Å²) >= 11 is 0. The van der Waals surface area contributed by atoms with Gasteiger partial charge >= 0.3 is 0 Å². The molecule has 3 heteroatoms. The molecular weight excluding hydrogens is 324 g/mol. The van der Waals surface area contributed by atoms with Gasteiger partial charge in [0.15, 0.2) is 11.6 Å². The number of allylic oxidation sites excluding steroid dienone is 6. The highest BCUT2D eigenvalue weighted by Gasteiger charge is 2.56. The number of rotatable bonds is 4. The summed E-state index contributed by atoms with van der Waals surface area (Å²) in [6.07, 6.45) is 11.0. The minimum absolute atomic E-state index is 0.0440. The fraction of sp³-hybridized carbons (Fsp3) is 0.391. The highest BCUT2D eigenvalue weighted by Crippen LogP contribution is 2.61. The molecule has 134 valence electrons. The van der Waals surface area contributed by atoms with Gasteiger partial charge in [-0.25, -0.2) is 0 Å². The lowest BCUT2D eigenvalue weighted by Gasteiger charge is -2.46. The molecule has 1 aromatic rings. The van der Waals surface area contributed by atoms with Gasteiger partial charge in [-0.3, -0.25) is 9.59 Å². The van der Waals surface area contributed by atoms with Crippen molar-refractivity contribution in [1.29, 1.82) is 0 Å². The van der Waals surface area contributed by atoms with Crippen LogP contribution >= 0.6 is 0 Å². The zero-order chi connectivity index (χ0) is 18.3. The minimum Gasteiger partial charge on any atom is -0.497 e. The third-order valence-corrected chi connectivity index (χ3v) is 6.19. The zero-order valence-corrected chi connectivity index (χ0v) is 15.3. The summed E-state index contributed by atoms with van der Waals surface area (Å²) in [5.74, 6) is 1.10. The second kappa shape index (κ2) is 6.39. The largest absolute Gasteiger partial charge is 0.497 e. The Morgan fingerprint density at radius 1 is 1.15 bits per heavy atom. The summed E-state index contributed by atoms with van der Waals surface area (Å²) in [7, 11) is 1.66. The van der Waals surface area contributed by atoms with Crippen LogP contribution in [-0.2, 0) is 9.59 Å². The molecule has 1 aromatic carbocycles. The normalized spacial score (nSPS) is 29.8. The molecule has 0 heterocycles. The Balaban J connectivity index is 1.80. The molecule has 0 unspecified atom stereocenters. The van der Waals surface area contributed by atoms with Gasteiger partial charge in [0.05, 0.1) is 7.11 Å². The molecule has 0 aliphatic heterocycles. The Hall–Kier alpha value is -2.42. The molecule has 3 aliphatic carbocycles. The molecule has 1 saturated carbocycles. The fourth-order valence-electron chi connectivity index (χ4n) is 5.11. The fourth-order valence-corrected chi connectivity index (χ4v) is 5.11. The lowest BCUT2D eigenvalue weighted by molar-refractivity contribution is -0.120. The van der Waals surface area contributed by atoms with Crippen LogP contribution in [0, 0.1) is 11.3 Å². The van der Waals surface area contributed by atoms with E-state index in [0.717, 1.165) is 37.0 Å². The Kier molecular flexibility index (Phi) is 4.18. The molecule has 0 amide bonds. The molecule has 0 bridgehead atoms. The summed E-state index contributed by atoms with van der Waals surface area (Å²) in [5.41, 5.74) is 3.11. The smallest absolute Gasteiger partial charge is 0.178 e. The number of hydrogen-bond donors (Lipinski definition) is 0. The first-order chi connectivity index (χ1) is 12.6. The number of carbonyl (C=O) groups is 2. The van der Waals surface area contributed by atoms with Crippen LogP contribution in [0.25, 0.3) is 0 Å². The van der Waals surface area contributed by atoms with Crippen LogP contribution < -0.4 is 4.74 Å². The monoisotopic (exact) mass is 348 g/mol. The van der Waals surface area contributed by atoms with Gasteiger partial charge in [0, 0.05) is 11.3 Å². The summed E-state index contributed by atoms with van der Waals surface area (Å²) in [4.78, 5) is 25.1. The molecule has 1 spiro atoms. The van der Waals surface area contributed by atoms with Gasteiger partial charge in [-0.1, -0.05) is 42.7 Å². The Labute approximate surface area is 154 Å². The van der Waals surface area contributed by atoms with Crippen molar-refractivity contribution in [2.24, 2.45) is 11.3 Å². The maximum atomic E-state index is 13.1. The van der Waals surface area contributed by atoms with Crippen molar-refractivity contribution in [3.63, 3.8) is 0 Å². The van der Waals surface area contributed by atoms with Gasteiger partial charge < -0.3 is 4.74 Å². The average Bonchev–Trinajstić information content (AvgIpc) is 2.94. The summed E-state index contributed by atoms with van der Waals surface area (Å²) in [6, 6.07) is 8.09. The summed E-state index contributed by atoms with van der Waals surface area (Å²) < 4.78 is 5.27. The van der Waals surface area contributed by atoms with Gasteiger partial charge in [0.2, 0.25) is 0 Å². The van der Waals surface area contributed by atoms with Crippen LogP contribution in [0.1, 0.15) is 44.1 Å². The van der Waals surface area contributed by atoms with Crippen LogP contribution in [0.4, 0.5) is 0 Å². The second-order valence-electron chi connectivity index (χ2n) is 7.49. The van der Waals surface area contributed by atoms with Crippen molar-refractivity contribution in [1.82, 2.24) is 0 Å². The van der Waals surface area contributed by atoms with Gasteiger partial charge in [-0.05, 0) is 61.1 Å². The highest BCUT2D eigenvalue weighted by atomic mass is 16.5. The predicted octanol–water partition coefficient (Wildman–Crippen LogP) is 4.55. The maximum absolute atomic E-state index is 13.1. The van der Waals surface area contributed by atoms with Crippen molar-refractivity contribution in [2.45, 2.75) is 38.5 Å². The lowest BCUT2D eigenvalue weighted by Crippen LogP contribution is -2.41. The molecule has 3 aliphatic rings. The van der Waals surface area contributed by atoms with Crippen molar-refractivity contribution < 1.29 is 14.3 Å². The first kappa shape index (κ1) is 17.0. The summed E-state index contributed by atoms with van der Waals surface area (Å²) in [6.45, 7) is 2.14. The topological polar surface area (TPSA) is 43.4 Å². The van der Waals surface area contributed by atoms with Gasteiger partial charge in [-0.2, -0.15) is 0 Å². The minimum atomic E-state index is -0.385. The molecule has 0 radical (unpaired) electrons. The van der Waals surface area contributed by atoms with Crippen LogP contribution in [-0.4, -0.2) is 18.7 Å². The Morgan fingerprint density at radius 2 is 1.92 bits per heavy atom. The molecule has 0 aromatic heterocycles. The predicted molar refractivity (Wildman–Crippen MR) is 101 cm³/mol. The number of hydrogen-bond acceptors (Lipinski definition) is 3. The molecule has 1 fully saturated rings. The summed E-state index contributed by atoms with van der Waals surface area (Å²) in [5, 5.41) is 0. The van der Waals surface area contributed by atoms with E-state index in [0.29, 0.717) is 0 Å². The molecule has 3 atom stereocenters. The van der Waals surface area contributed by atoms with Gasteiger partial charge in [0.25, 0.3) is 0 Å². The standard InChI is InChI=1S/C23H24O3/c1-3-4-16-14-21(25)22-20(15-5-8-19(26-2)9-6-15)10-7-17-13-18(24)11-12-23(16,17)22/h5-6,8-9,11-14,20,22H,3-4,7,10H2,1-2H3/t20-,22-,23+/m1/s1. The van der Waals surface area contributed by atoms with E-state index in [1.807, 2.05) is 24.3 Å². The quantitative estimate of drug-likeness (QED) is 0.802. The van der Waals surface area contributed by atoms with E-state index in [9.17, 15) is 9.59 Å². The van der Waals surface area contributed by atoms with Crippen molar-refractivity contribution in [2.75, 3.05) is 7.11 Å². The van der Waals surface area contributed by atoms with Crippen molar-refractivity contribution in [3.8, 4) is 5.75 Å². The Morgan fingerprint density at radius 3 is 2.62 bits per heavy atom. The van der Waals surface area contributed by atoms with Gasteiger partial charge in [0.1, 0.15) is 5.75 Å². The molecule has 4 rings (SSSR count). The van der Waals surface area contributed by atoms with E-state index < -0.39 is 0 Å². The van der Waals surface area contributed by atoms with E-state index >= 15 is 0 Å². The van der Waals surface area contributed by atoms with Crippen molar-refractivity contribution in [3.05, 3.63) is 65.3 Å². The van der Waals surface area contributed by atoms with Crippen LogP contribution in [0.3, 0.4) is 0 Å². The average molecular weight is 348 g/mol. The maximum Gasteiger partial charge on any atom is 0.178 e. The Bertz CT molecular complexity index is 841. The first-order valence-electron chi connectivity index (χ1n) is 9.43. The second-order valence-corrected chi connectivity index (χ2v) is 7.49. The van der Waals surface area contributed by atoms with Crippen LogP contribution in [0.2, 0.25) is 0 Å². The highest BCUT2D eigenvalue weighted by molar-refractivity contribution is 6.05. The first-order valence-corrected chi connectivity index (χ1v) is 9.43. The van der Waals surface area contributed by atoms with E-state index in [1.54, 1.807) is 19.3 Å². The number of benzene rings is 1. The molecule has 26 heavy (non-hydrogen) atoms. The van der Waals surface area contributed by atoms with Crippen molar-refractivity contribution >= 4 is 11.6 Å². The molecule has 3 nitrogen and oxygen atoms in total. The van der Waals surface area contributed by atoms with E-state index in [4.69, 9.17) is 4.74 Å². The number of carbonyl (C=O) groups excluding carboxylic acids is 2. The molecular formula is C23H24O3. The van der Waals surface area contributed by atoms with Gasteiger partial charge in [-0.15, -0.1) is 0 Å². The van der Waals surface area contributed by atoms with Crippen LogP contribution in [0.5, 0.6) is 5.75 Å². The van der Waals surface area contributed by atoms with E-state index in [2.05, 4.69) is 19.1 Å². The third kappa shape index (κ3) is 2.41. The number of methoxy groups -OCH3 is 1. The lowest BCUT2D eigenvalue weighted by atomic mass is 9.55. The third-order valence-electron chi connectivity index (χ3n) is 6.19. The van der Waals surface area contributed by atoms with E-state index in [-0.39, 0.29) is 28.8 Å².